The Morgan fingerprint density at radius 2 is 2.17 bits per heavy atom. The van der Waals surface area contributed by atoms with Crippen molar-refractivity contribution < 1.29 is 17.9 Å². The van der Waals surface area contributed by atoms with Crippen molar-refractivity contribution in [3.63, 3.8) is 0 Å². The third kappa shape index (κ3) is 4.22. The first-order valence-corrected chi connectivity index (χ1v) is 7.83. The second-order valence-electron chi connectivity index (χ2n) is 4.48. The van der Waals surface area contributed by atoms with Gasteiger partial charge >= 0.3 is 5.97 Å². The average molecular weight is 278 g/mol. The van der Waals surface area contributed by atoms with Crippen LogP contribution in [0.2, 0.25) is 0 Å². The van der Waals surface area contributed by atoms with E-state index >= 15 is 0 Å². The largest absolute Gasteiger partial charge is 0.468 e. The number of methoxy groups -OCH3 is 1. The quantitative estimate of drug-likeness (QED) is 0.690. The molecule has 0 aliphatic carbocycles. The van der Waals surface area contributed by atoms with Gasteiger partial charge in [-0.15, -0.1) is 0 Å². The molecule has 0 aromatic carbocycles. The zero-order chi connectivity index (χ0) is 13.6. The molecule has 1 fully saturated rings. The van der Waals surface area contributed by atoms with Crippen LogP contribution in [0.3, 0.4) is 0 Å². The van der Waals surface area contributed by atoms with E-state index in [4.69, 9.17) is 0 Å². The lowest BCUT2D eigenvalue weighted by molar-refractivity contribution is -0.137. The number of hydrogen-bond acceptors (Lipinski definition) is 5. The summed E-state index contributed by atoms with van der Waals surface area (Å²) < 4.78 is 30.2. The predicted octanol–water partition coefficient (Wildman–Crippen LogP) is -0.0468. The normalized spacial score (nSPS) is 21.8. The van der Waals surface area contributed by atoms with E-state index in [1.807, 2.05) is 7.05 Å². The van der Waals surface area contributed by atoms with Crippen molar-refractivity contribution in [2.24, 2.45) is 0 Å². The van der Waals surface area contributed by atoms with E-state index in [0.29, 0.717) is 6.54 Å². The number of hydrogen-bond donors (Lipinski definition) is 1. The number of nitrogens with zero attached hydrogens (tertiary/aromatic N) is 1. The molecule has 1 atom stereocenters. The maximum Gasteiger partial charge on any atom is 0.322 e. The number of carbonyl (C=O) groups is 1. The van der Waals surface area contributed by atoms with Gasteiger partial charge in [0.05, 0.1) is 7.11 Å². The minimum atomic E-state index is -3.54. The molecule has 106 valence electrons. The summed E-state index contributed by atoms with van der Waals surface area (Å²) in [7, 11) is -0.499. The van der Waals surface area contributed by atoms with Crippen molar-refractivity contribution in [2.75, 3.05) is 33.0 Å². The molecule has 1 rings (SSSR count). The number of esters is 1. The molecule has 1 unspecified atom stereocenters. The topological polar surface area (TPSA) is 75.7 Å². The SMILES string of the molecule is CNCCC1CCCCN1S(=O)(=O)CC(=O)OC. The van der Waals surface area contributed by atoms with Crippen LogP contribution in [0.4, 0.5) is 0 Å². The lowest BCUT2D eigenvalue weighted by Crippen LogP contribution is -2.46. The van der Waals surface area contributed by atoms with Gasteiger partial charge in [0.25, 0.3) is 0 Å². The van der Waals surface area contributed by atoms with Crippen LogP contribution in [-0.4, -0.2) is 57.7 Å². The molecule has 7 heteroatoms. The van der Waals surface area contributed by atoms with Crippen molar-refractivity contribution in [3.8, 4) is 0 Å². The molecule has 0 saturated carbocycles. The first kappa shape index (κ1) is 15.4. The summed E-state index contributed by atoms with van der Waals surface area (Å²) in [6, 6.07) is 0.000793. The molecule has 0 aromatic rings. The molecule has 0 spiro atoms. The van der Waals surface area contributed by atoms with Gasteiger partial charge < -0.3 is 10.1 Å². The lowest BCUT2D eigenvalue weighted by atomic mass is 10.0. The predicted molar refractivity (Wildman–Crippen MR) is 68.7 cm³/mol. The van der Waals surface area contributed by atoms with Gasteiger partial charge in [0.15, 0.2) is 5.75 Å². The molecule has 1 aliphatic rings. The Morgan fingerprint density at radius 1 is 1.44 bits per heavy atom. The zero-order valence-electron chi connectivity index (χ0n) is 11.0. The first-order valence-electron chi connectivity index (χ1n) is 6.22. The summed E-state index contributed by atoms with van der Waals surface area (Å²) in [6.45, 7) is 1.28. The van der Waals surface area contributed by atoms with E-state index in [2.05, 4.69) is 10.1 Å². The van der Waals surface area contributed by atoms with Crippen molar-refractivity contribution in [2.45, 2.75) is 31.7 Å². The summed E-state index contributed by atoms with van der Waals surface area (Å²) in [5.74, 6) is -1.26. The molecular formula is C11H22N2O4S. The highest BCUT2D eigenvalue weighted by Crippen LogP contribution is 2.22. The number of nitrogens with one attached hydrogen (secondary N) is 1. The third-order valence-corrected chi connectivity index (χ3v) is 4.98. The van der Waals surface area contributed by atoms with Crippen molar-refractivity contribution in [3.05, 3.63) is 0 Å². The Hall–Kier alpha value is -0.660. The van der Waals surface area contributed by atoms with Gasteiger partial charge in [-0.1, -0.05) is 6.42 Å². The molecular weight excluding hydrogens is 256 g/mol. The van der Waals surface area contributed by atoms with Gasteiger partial charge in [0.2, 0.25) is 10.0 Å². The molecule has 1 saturated heterocycles. The fraction of sp³-hybridized carbons (Fsp3) is 0.909. The maximum atomic E-state index is 12.1. The summed E-state index contributed by atoms with van der Waals surface area (Å²) in [5.41, 5.74) is 0. The molecule has 18 heavy (non-hydrogen) atoms. The van der Waals surface area contributed by atoms with E-state index in [0.717, 1.165) is 32.2 Å². The fourth-order valence-corrected chi connectivity index (χ4v) is 3.88. The van der Waals surface area contributed by atoms with Crippen LogP contribution in [-0.2, 0) is 19.6 Å². The molecule has 0 radical (unpaired) electrons. The Kier molecular flexibility index (Phi) is 6.04. The second-order valence-corrected chi connectivity index (χ2v) is 6.41. The zero-order valence-corrected chi connectivity index (χ0v) is 11.8. The van der Waals surface area contributed by atoms with Gasteiger partial charge in [-0.05, 0) is 32.9 Å². The Balaban J connectivity index is 2.72. The van der Waals surface area contributed by atoms with E-state index < -0.39 is 21.7 Å². The van der Waals surface area contributed by atoms with Crippen molar-refractivity contribution >= 4 is 16.0 Å². The third-order valence-electron chi connectivity index (χ3n) is 3.19. The Morgan fingerprint density at radius 3 is 2.78 bits per heavy atom. The highest BCUT2D eigenvalue weighted by molar-refractivity contribution is 7.89. The number of piperidine rings is 1. The molecule has 6 nitrogen and oxygen atoms in total. The van der Waals surface area contributed by atoms with Crippen LogP contribution in [0, 0.1) is 0 Å². The van der Waals surface area contributed by atoms with E-state index in [-0.39, 0.29) is 6.04 Å². The molecule has 1 aliphatic heterocycles. The highest BCUT2D eigenvalue weighted by Gasteiger charge is 2.33. The van der Waals surface area contributed by atoms with Crippen LogP contribution in [0.15, 0.2) is 0 Å². The fourth-order valence-electron chi connectivity index (χ4n) is 2.23. The lowest BCUT2D eigenvalue weighted by Gasteiger charge is -2.34. The van der Waals surface area contributed by atoms with Crippen LogP contribution < -0.4 is 5.32 Å². The van der Waals surface area contributed by atoms with Gasteiger partial charge in [-0.25, -0.2) is 8.42 Å². The number of ether oxygens (including phenoxy) is 1. The smallest absolute Gasteiger partial charge is 0.322 e. The molecule has 1 heterocycles. The first-order chi connectivity index (χ1) is 8.51. The summed E-state index contributed by atoms with van der Waals surface area (Å²) >= 11 is 0. The minimum absolute atomic E-state index is 0.000793. The van der Waals surface area contributed by atoms with Crippen LogP contribution >= 0.6 is 0 Å². The van der Waals surface area contributed by atoms with E-state index in [1.165, 1.54) is 11.4 Å². The standard InChI is InChI=1S/C11H22N2O4S/c1-12-7-6-10-5-3-4-8-13(10)18(15,16)9-11(14)17-2/h10,12H,3-9H2,1-2H3. The Labute approximate surface area is 109 Å². The molecule has 0 bridgehead atoms. The average Bonchev–Trinajstić information content (AvgIpc) is 2.36. The molecule has 0 aromatic heterocycles. The highest BCUT2D eigenvalue weighted by atomic mass is 32.2. The van der Waals surface area contributed by atoms with Crippen molar-refractivity contribution in [1.82, 2.24) is 9.62 Å². The van der Waals surface area contributed by atoms with Gasteiger partial charge in [-0.3, -0.25) is 4.79 Å². The van der Waals surface area contributed by atoms with Gasteiger partial charge in [0.1, 0.15) is 0 Å². The summed E-state index contributed by atoms with van der Waals surface area (Å²) in [4.78, 5) is 11.2. The van der Waals surface area contributed by atoms with E-state index in [1.54, 1.807) is 0 Å². The summed E-state index contributed by atoms with van der Waals surface area (Å²) in [6.07, 6.45) is 3.54. The Bertz CT molecular complexity index is 369. The van der Waals surface area contributed by atoms with Crippen molar-refractivity contribution in [1.29, 1.82) is 0 Å². The number of sulfonamides is 1. The number of carbonyl (C=O) groups excluding carboxylic acids is 1. The van der Waals surface area contributed by atoms with Crippen LogP contribution in [0.5, 0.6) is 0 Å². The minimum Gasteiger partial charge on any atom is -0.468 e. The molecule has 1 N–H and O–H groups in total. The van der Waals surface area contributed by atoms with Crippen LogP contribution in [0.1, 0.15) is 25.7 Å². The van der Waals surface area contributed by atoms with Crippen LogP contribution in [0.25, 0.3) is 0 Å². The summed E-state index contributed by atoms with van der Waals surface area (Å²) in [5, 5.41) is 3.03. The molecule has 0 amide bonds. The number of rotatable bonds is 6. The monoisotopic (exact) mass is 278 g/mol. The van der Waals surface area contributed by atoms with Gasteiger partial charge in [-0.2, -0.15) is 4.31 Å². The van der Waals surface area contributed by atoms with Gasteiger partial charge in [0, 0.05) is 12.6 Å². The maximum absolute atomic E-state index is 12.1. The second kappa shape index (κ2) is 7.06. The van der Waals surface area contributed by atoms with E-state index in [9.17, 15) is 13.2 Å².